The number of carbonyl (C=O) groups excluding carboxylic acids is 1. The number of hydrogen-bond donors (Lipinski definition) is 1. The fourth-order valence-corrected chi connectivity index (χ4v) is 6.55. The molecular formula is C57H94O4. The molecule has 0 saturated heterocycles. The van der Waals surface area contributed by atoms with E-state index in [1.54, 1.807) is 0 Å². The topological polar surface area (TPSA) is 55.8 Å². The van der Waals surface area contributed by atoms with E-state index in [1.165, 1.54) is 96.3 Å². The maximum atomic E-state index is 12.3. The van der Waals surface area contributed by atoms with Crippen molar-refractivity contribution >= 4 is 5.97 Å². The largest absolute Gasteiger partial charge is 0.457 e. The number of hydrogen-bond acceptors (Lipinski definition) is 4. The van der Waals surface area contributed by atoms with E-state index in [4.69, 9.17) is 9.47 Å². The van der Waals surface area contributed by atoms with E-state index in [0.717, 1.165) is 89.9 Å². The van der Waals surface area contributed by atoms with Crippen LogP contribution in [-0.4, -0.2) is 37.0 Å². The van der Waals surface area contributed by atoms with Crippen molar-refractivity contribution < 1.29 is 19.4 Å². The summed E-state index contributed by atoms with van der Waals surface area (Å²) < 4.78 is 11.2. The van der Waals surface area contributed by atoms with Crippen LogP contribution in [-0.2, 0) is 14.3 Å². The Labute approximate surface area is 377 Å². The van der Waals surface area contributed by atoms with Crippen LogP contribution >= 0.6 is 0 Å². The first-order chi connectivity index (χ1) is 30.2. The molecule has 0 spiro atoms. The van der Waals surface area contributed by atoms with Crippen molar-refractivity contribution in [3.63, 3.8) is 0 Å². The maximum Gasteiger partial charge on any atom is 0.306 e. The third-order valence-electron chi connectivity index (χ3n) is 10.3. The van der Waals surface area contributed by atoms with E-state index >= 15 is 0 Å². The van der Waals surface area contributed by atoms with Gasteiger partial charge in [-0.2, -0.15) is 0 Å². The normalized spacial score (nSPS) is 13.4. The first kappa shape index (κ1) is 57.8. The highest BCUT2D eigenvalue weighted by molar-refractivity contribution is 5.69. The van der Waals surface area contributed by atoms with Crippen LogP contribution in [0.3, 0.4) is 0 Å². The summed E-state index contributed by atoms with van der Waals surface area (Å²) in [4.78, 5) is 12.3. The number of ether oxygens (including phenoxy) is 2. The van der Waals surface area contributed by atoms with Crippen LogP contribution in [0, 0.1) is 0 Å². The smallest absolute Gasteiger partial charge is 0.306 e. The van der Waals surface area contributed by atoms with Gasteiger partial charge in [-0.1, -0.05) is 212 Å². The monoisotopic (exact) mass is 843 g/mol. The number of carbonyl (C=O) groups is 1. The van der Waals surface area contributed by atoms with Gasteiger partial charge < -0.3 is 14.6 Å². The van der Waals surface area contributed by atoms with Crippen LogP contribution in [0.25, 0.3) is 0 Å². The van der Waals surface area contributed by atoms with Gasteiger partial charge in [0.1, 0.15) is 6.10 Å². The number of rotatable bonds is 45. The van der Waals surface area contributed by atoms with Crippen LogP contribution in [0.2, 0.25) is 0 Å². The highest BCUT2D eigenvalue weighted by Gasteiger charge is 2.13. The molecule has 61 heavy (non-hydrogen) atoms. The fraction of sp³-hybridized carbons (Fsp3) is 0.632. The molecule has 0 fully saturated rings. The lowest BCUT2D eigenvalue weighted by atomic mass is 10.1. The first-order valence-electron chi connectivity index (χ1n) is 25.1. The van der Waals surface area contributed by atoms with Gasteiger partial charge in [0, 0.05) is 13.0 Å². The summed E-state index contributed by atoms with van der Waals surface area (Å²) in [5, 5.41) is 9.65. The predicted octanol–water partition coefficient (Wildman–Crippen LogP) is 17.2. The van der Waals surface area contributed by atoms with Gasteiger partial charge in [0.25, 0.3) is 0 Å². The van der Waals surface area contributed by atoms with E-state index in [9.17, 15) is 9.90 Å². The molecular weight excluding hydrogens is 749 g/mol. The zero-order valence-corrected chi connectivity index (χ0v) is 39.6. The Hall–Kier alpha value is -3.21. The Balaban J connectivity index is 3.56. The van der Waals surface area contributed by atoms with Crippen LogP contribution < -0.4 is 0 Å². The predicted molar refractivity (Wildman–Crippen MR) is 269 cm³/mol. The Morgan fingerprint density at radius 2 is 0.738 bits per heavy atom. The molecule has 0 saturated carbocycles. The summed E-state index contributed by atoms with van der Waals surface area (Å²) in [6.07, 6.45) is 78.5. The van der Waals surface area contributed by atoms with Gasteiger partial charge in [-0.3, -0.25) is 4.79 Å². The third kappa shape index (κ3) is 51.0. The summed E-state index contributed by atoms with van der Waals surface area (Å²) in [5.41, 5.74) is 0. The van der Waals surface area contributed by atoms with Crippen LogP contribution in [0.4, 0.5) is 0 Å². The second-order valence-corrected chi connectivity index (χ2v) is 16.2. The molecule has 0 aliphatic rings. The molecule has 0 aliphatic carbocycles. The van der Waals surface area contributed by atoms with Gasteiger partial charge in [0.15, 0.2) is 0 Å². The zero-order chi connectivity index (χ0) is 44.0. The van der Waals surface area contributed by atoms with E-state index in [2.05, 4.69) is 135 Å². The van der Waals surface area contributed by atoms with Gasteiger partial charge in [0.2, 0.25) is 0 Å². The average Bonchev–Trinajstić information content (AvgIpc) is 3.27. The highest BCUT2D eigenvalue weighted by Crippen LogP contribution is 2.12. The molecule has 0 aromatic carbocycles. The quantitative estimate of drug-likeness (QED) is 0.0377. The molecule has 346 valence electrons. The van der Waals surface area contributed by atoms with Gasteiger partial charge in [-0.05, 0) is 109 Å². The molecule has 0 aliphatic heterocycles. The second kappa shape index (κ2) is 52.9. The summed E-state index contributed by atoms with van der Waals surface area (Å²) >= 11 is 0. The number of aliphatic hydroxyl groups excluding tert-OH is 1. The molecule has 0 amide bonds. The summed E-state index contributed by atoms with van der Waals surface area (Å²) in [7, 11) is 0. The van der Waals surface area contributed by atoms with Crippen molar-refractivity contribution in [2.24, 2.45) is 0 Å². The second-order valence-electron chi connectivity index (χ2n) is 16.2. The summed E-state index contributed by atoms with van der Waals surface area (Å²) in [6.45, 7) is 5.14. The summed E-state index contributed by atoms with van der Waals surface area (Å²) in [6, 6.07) is 0. The highest BCUT2D eigenvalue weighted by atomic mass is 16.6. The molecule has 0 aromatic rings. The van der Waals surface area contributed by atoms with Gasteiger partial charge in [-0.15, -0.1) is 0 Å². The molecule has 1 atom stereocenters. The molecule has 0 bridgehead atoms. The van der Waals surface area contributed by atoms with Crippen molar-refractivity contribution in [2.75, 3.05) is 19.8 Å². The van der Waals surface area contributed by atoms with Crippen molar-refractivity contribution in [3.8, 4) is 0 Å². The minimum absolute atomic E-state index is 0.194. The minimum Gasteiger partial charge on any atom is -0.457 e. The number of unbranched alkanes of at least 4 members (excludes halogenated alkanes) is 17. The van der Waals surface area contributed by atoms with Crippen molar-refractivity contribution in [2.45, 2.75) is 213 Å². The Kier molecular flexibility index (Phi) is 50.1. The molecule has 0 rings (SSSR count). The number of esters is 1. The summed E-state index contributed by atoms with van der Waals surface area (Å²) in [5.74, 6) is -0.222. The zero-order valence-electron chi connectivity index (χ0n) is 39.6. The van der Waals surface area contributed by atoms with Crippen LogP contribution in [0.1, 0.15) is 206 Å². The average molecular weight is 843 g/mol. The van der Waals surface area contributed by atoms with Crippen molar-refractivity contribution in [1.29, 1.82) is 0 Å². The van der Waals surface area contributed by atoms with Crippen LogP contribution in [0.5, 0.6) is 0 Å². The van der Waals surface area contributed by atoms with Gasteiger partial charge >= 0.3 is 5.97 Å². The third-order valence-corrected chi connectivity index (χ3v) is 10.3. The van der Waals surface area contributed by atoms with E-state index in [1.807, 2.05) is 0 Å². The van der Waals surface area contributed by atoms with E-state index < -0.39 is 6.10 Å². The maximum absolute atomic E-state index is 12.3. The molecule has 0 radical (unpaired) electrons. The molecule has 1 unspecified atom stereocenters. The van der Waals surface area contributed by atoms with E-state index in [0.29, 0.717) is 13.0 Å². The lowest BCUT2D eigenvalue weighted by molar-refractivity contribution is -0.154. The standard InChI is InChI=1S/C57H94O4/c1-3-5-7-9-11-13-15-17-19-21-23-25-27-28-29-31-33-35-37-39-41-43-45-47-49-51-53-60-55-56(54-58)61-57(59)52-50-48-46-44-42-40-38-36-34-32-30-26-24-22-20-18-16-14-12-10-8-6-4-2/h5,7,11,13,16-19,22-25,28-30,32-33,35,39,41,56,58H,3-4,6,8-10,12,14-15,20-21,26-27,31,34,36-38,40,42-55H2,1-2H3/b7-5-,13-11-,18-16-,19-17-,24-22-,25-23-,29-28-,32-30-,35-33-,41-39-. The first-order valence-corrected chi connectivity index (χ1v) is 25.1. The lowest BCUT2D eigenvalue weighted by Gasteiger charge is -2.15. The Morgan fingerprint density at radius 1 is 0.410 bits per heavy atom. The molecule has 4 nitrogen and oxygen atoms in total. The van der Waals surface area contributed by atoms with Crippen molar-refractivity contribution in [3.05, 3.63) is 122 Å². The fourth-order valence-electron chi connectivity index (χ4n) is 6.55. The number of allylic oxidation sites excluding steroid dienone is 20. The van der Waals surface area contributed by atoms with Crippen molar-refractivity contribution in [1.82, 2.24) is 0 Å². The number of aliphatic hydroxyl groups is 1. The Bertz CT molecular complexity index is 1210. The molecule has 4 heteroatoms. The minimum atomic E-state index is -0.563. The lowest BCUT2D eigenvalue weighted by Crippen LogP contribution is -2.27. The molecule has 0 aromatic heterocycles. The SMILES string of the molecule is CC/C=C\C/C=C\C/C=C\C/C=C\C/C=C\C/C=C\C/C=C\CCCCCCOCC(CO)OC(=O)CCCCCCCCCC/C=C\C/C=C\C/C=C\CCCCCCC. The van der Waals surface area contributed by atoms with E-state index in [-0.39, 0.29) is 19.2 Å². The van der Waals surface area contributed by atoms with Gasteiger partial charge in [-0.25, -0.2) is 0 Å². The molecule has 1 N–H and O–H groups in total. The van der Waals surface area contributed by atoms with Gasteiger partial charge in [0.05, 0.1) is 13.2 Å². The Morgan fingerprint density at radius 3 is 1.11 bits per heavy atom. The van der Waals surface area contributed by atoms with Crippen LogP contribution in [0.15, 0.2) is 122 Å². The molecule has 0 heterocycles.